The van der Waals surface area contributed by atoms with E-state index in [-0.39, 0.29) is 37.2 Å². The lowest BCUT2D eigenvalue weighted by Gasteiger charge is -2.20. The second-order valence-electron chi connectivity index (χ2n) is 6.05. The van der Waals surface area contributed by atoms with E-state index in [1.165, 1.54) is 30.5 Å². The van der Waals surface area contributed by atoms with Gasteiger partial charge in [-0.25, -0.2) is 4.98 Å². The summed E-state index contributed by atoms with van der Waals surface area (Å²) in [4.78, 5) is 42.2. The lowest BCUT2D eigenvalue weighted by molar-refractivity contribution is -0.127. The molecule has 3 amide bonds. The zero-order valence-electron chi connectivity index (χ0n) is 15.4. The van der Waals surface area contributed by atoms with Gasteiger partial charge in [0.1, 0.15) is 11.5 Å². The van der Waals surface area contributed by atoms with Crippen molar-refractivity contribution in [3.63, 3.8) is 0 Å². The molecule has 0 unspecified atom stereocenters. The fraction of sp³-hybridized carbons (Fsp3) is 0.333. The van der Waals surface area contributed by atoms with E-state index in [9.17, 15) is 14.4 Å². The molecule has 1 aromatic carbocycles. The molecule has 10 heteroatoms. The molecule has 2 heterocycles. The van der Waals surface area contributed by atoms with Crippen molar-refractivity contribution in [2.75, 3.05) is 37.5 Å². The fourth-order valence-electron chi connectivity index (χ4n) is 2.88. The van der Waals surface area contributed by atoms with Crippen LogP contribution in [0.2, 0.25) is 0 Å². The number of rotatable bonds is 7. The number of aromatic nitrogens is 1. The molecule has 0 saturated carbocycles. The summed E-state index contributed by atoms with van der Waals surface area (Å²) in [6.45, 7) is 0.00782. The maximum atomic E-state index is 12.5. The van der Waals surface area contributed by atoms with Crippen molar-refractivity contribution in [1.82, 2.24) is 10.3 Å². The van der Waals surface area contributed by atoms with Gasteiger partial charge in [0.25, 0.3) is 0 Å². The molecule has 0 radical (unpaired) electrons. The third-order valence-electron chi connectivity index (χ3n) is 4.27. The van der Waals surface area contributed by atoms with Crippen LogP contribution < -0.4 is 25.0 Å². The first-order chi connectivity index (χ1) is 13.5. The van der Waals surface area contributed by atoms with Crippen LogP contribution >= 0.6 is 11.3 Å². The number of thiazole rings is 1. The topological polar surface area (TPSA) is 110 Å². The highest BCUT2D eigenvalue weighted by atomic mass is 32.1. The molecule has 1 saturated heterocycles. The quantitative estimate of drug-likeness (QED) is 0.719. The van der Waals surface area contributed by atoms with Gasteiger partial charge in [0.05, 0.1) is 32.4 Å². The van der Waals surface area contributed by atoms with Gasteiger partial charge in [0, 0.05) is 30.6 Å². The number of hydrogen-bond acceptors (Lipinski definition) is 7. The Hall–Kier alpha value is -3.14. The SMILES string of the molecule is COc1ccc(OC)c(N2C[C@H](C(=O)NCC(=O)Nc3nccs3)CC2=O)c1. The van der Waals surface area contributed by atoms with Crippen molar-refractivity contribution in [2.45, 2.75) is 6.42 Å². The Morgan fingerprint density at radius 2 is 2.14 bits per heavy atom. The van der Waals surface area contributed by atoms with E-state index in [1.54, 1.807) is 29.8 Å². The van der Waals surface area contributed by atoms with Gasteiger partial charge in [-0.2, -0.15) is 0 Å². The molecular weight excluding hydrogens is 384 g/mol. The molecule has 2 N–H and O–H groups in total. The number of ether oxygens (including phenoxy) is 2. The lowest BCUT2D eigenvalue weighted by Crippen LogP contribution is -2.37. The summed E-state index contributed by atoms with van der Waals surface area (Å²) in [5.41, 5.74) is 0.545. The fourth-order valence-corrected chi connectivity index (χ4v) is 3.43. The molecule has 0 bridgehead atoms. The average Bonchev–Trinajstić information content (AvgIpc) is 3.35. The molecule has 9 nitrogen and oxygen atoms in total. The van der Waals surface area contributed by atoms with Crippen LogP contribution in [0.3, 0.4) is 0 Å². The van der Waals surface area contributed by atoms with E-state index >= 15 is 0 Å². The highest BCUT2D eigenvalue weighted by Crippen LogP contribution is 2.36. The second kappa shape index (κ2) is 8.70. The highest BCUT2D eigenvalue weighted by Gasteiger charge is 2.36. The average molecular weight is 404 g/mol. The number of carbonyl (C=O) groups excluding carboxylic acids is 3. The molecule has 28 heavy (non-hydrogen) atoms. The minimum atomic E-state index is -0.559. The standard InChI is InChI=1S/C18H20N4O5S/c1-26-12-3-4-14(27-2)13(8-12)22-10-11(7-16(22)24)17(25)20-9-15(23)21-18-19-5-6-28-18/h3-6,8,11H,7,9-10H2,1-2H3,(H,20,25)(H,19,21,23)/t11-/m1/s1. The van der Waals surface area contributed by atoms with Crippen LogP contribution in [0.1, 0.15) is 6.42 Å². The Morgan fingerprint density at radius 3 is 2.82 bits per heavy atom. The van der Waals surface area contributed by atoms with Gasteiger partial charge in [-0.1, -0.05) is 0 Å². The van der Waals surface area contributed by atoms with Gasteiger partial charge in [0.15, 0.2) is 5.13 Å². The monoisotopic (exact) mass is 404 g/mol. The Kier molecular flexibility index (Phi) is 6.09. The van der Waals surface area contributed by atoms with Crippen LogP contribution in [-0.2, 0) is 14.4 Å². The number of benzene rings is 1. The summed E-state index contributed by atoms with van der Waals surface area (Å²) in [6, 6.07) is 5.13. The highest BCUT2D eigenvalue weighted by molar-refractivity contribution is 7.13. The van der Waals surface area contributed by atoms with Crippen molar-refractivity contribution in [3.05, 3.63) is 29.8 Å². The third-order valence-corrected chi connectivity index (χ3v) is 4.96. The van der Waals surface area contributed by atoms with Crippen molar-refractivity contribution in [2.24, 2.45) is 5.92 Å². The Labute approximate surface area is 165 Å². The third kappa shape index (κ3) is 4.39. The minimum absolute atomic E-state index is 0.0558. The molecule has 1 fully saturated rings. The van der Waals surface area contributed by atoms with Crippen molar-refractivity contribution >= 4 is 39.9 Å². The van der Waals surface area contributed by atoms with Crippen molar-refractivity contribution in [3.8, 4) is 11.5 Å². The maximum absolute atomic E-state index is 12.5. The Morgan fingerprint density at radius 1 is 1.32 bits per heavy atom. The Bertz CT molecular complexity index is 871. The number of methoxy groups -OCH3 is 2. The van der Waals surface area contributed by atoms with E-state index in [0.717, 1.165) is 0 Å². The summed E-state index contributed by atoms with van der Waals surface area (Å²) in [7, 11) is 3.04. The van der Waals surface area contributed by atoms with Gasteiger partial charge < -0.3 is 25.0 Å². The molecule has 0 spiro atoms. The van der Waals surface area contributed by atoms with Crippen molar-refractivity contribution < 1.29 is 23.9 Å². The molecular formula is C18H20N4O5S. The van der Waals surface area contributed by atoms with Crippen molar-refractivity contribution in [1.29, 1.82) is 0 Å². The molecule has 148 valence electrons. The number of anilines is 2. The largest absolute Gasteiger partial charge is 0.497 e. The molecule has 1 atom stereocenters. The predicted molar refractivity (Wildman–Crippen MR) is 104 cm³/mol. The van der Waals surface area contributed by atoms with Crippen LogP contribution in [0.15, 0.2) is 29.8 Å². The van der Waals surface area contributed by atoms with Gasteiger partial charge >= 0.3 is 0 Å². The molecule has 1 aliphatic rings. The first kappa shape index (κ1) is 19.6. The lowest BCUT2D eigenvalue weighted by atomic mass is 10.1. The van der Waals surface area contributed by atoms with Gasteiger partial charge in [-0.15, -0.1) is 11.3 Å². The predicted octanol–water partition coefficient (Wildman–Crippen LogP) is 1.27. The van der Waals surface area contributed by atoms with Crippen LogP contribution in [0, 0.1) is 5.92 Å². The van der Waals surface area contributed by atoms with E-state index < -0.39 is 5.92 Å². The Balaban J connectivity index is 1.61. The summed E-state index contributed by atoms with van der Waals surface area (Å²) >= 11 is 1.29. The smallest absolute Gasteiger partial charge is 0.245 e. The normalized spacial score (nSPS) is 16.0. The van der Waals surface area contributed by atoms with Gasteiger partial charge in [-0.3, -0.25) is 14.4 Å². The van der Waals surface area contributed by atoms with Crippen LogP contribution in [0.4, 0.5) is 10.8 Å². The van der Waals surface area contributed by atoms with Crippen LogP contribution in [-0.4, -0.2) is 50.0 Å². The van der Waals surface area contributed by atoms with E-state index in [0.29, 0.717) is 22.3 Å². The zero-order valence-corrected chi connectivity index (χ0v) is 16.2. The maximum Gasteiger partial charge on any atom is 0.245 e. The molecule has 3 rings (SSSR count). The van der Waals surface area contributed by atoms with E-state index in [2.05, 4.69) is 15.6 Å². The second-order valence-corrected chi connectivity index (χ2v) is 6.94. The number of nitrogens with one attached hydrogen (secondary N) is 2. The molecule has 0 aliphatic carbocycles. The number of nitrogens with zero attached hydrogens (tertiary/aromatic N) is 2. The first-order valence-corrected chi connectivity index (χ1v) is 9.39. The molecule has 1 aromatic heterocycles. The summed E-state index contributed by atoms with van der Waals surface area (Å²) in [6.07, 6.45) is 1.63. The number of carbonyl (C=O) groups is 3. The summed E-state index contributed by atoms with van der Waals surface area (Å²) in [5, 5.41) is 7.36. The number of hydrogen-bond donors (Lipinski definition) is 2. The zero-order chi connectivity index (χ0) is 20.1. The van der Waals surface area contributed by atoms with E-state index in [4.69, 9.17) is 9.47 Å². The van der Waals surface area contributed by atoms with Crippen LogP contribution in [0.5, 0.6) is 11.5 Å². The molecule has 1 aliphatic heterocycles. The molecule has 2 aromatic rings. The minimum Gasteiger partial charge on any atom is -0.497 e. The first-order valence-electron chi connectivity index (χ1n) is 8.51. The van der Waals surface area contributed by atoms with Gasteiger partial charge in [-0.05, 0) is 12.1 Å². The van der Waals surface area contributed by atoms with E-state index in [1.807, 2.05) is 0 Å². The number of amides is 3. The summed E-state index contributed by atoms with van der Waals surface area (Å²) in [5.74, 6) is -0.394. The van der Waals surface area contributed by atoms with Crippen LogP contribution in [0.25, 0.3) is 0 Å². The van der Waals surface area contributed by atoms with Gasteiger partial charge in [0.2, 0.25) is 17.7 Å². The summed E-state index contributed by atoms with van der Waals surface area (Å²) < 4.78 is 10.5.